The second-order valence-corrected chi connectivity index (χ2v) is 9.78. The van der Waals surface area contributed by atoms with E-state index in [1.807, 2.05) is 85.2 Å². The van der Waals surface area contributed by atoms with Gasteiger partial charge in [-0.05, 0) is 73.2 Å². The fourth-order valence-electron chi connectivity index (χ4n) is 4.76. The Balaban J connectivity index is 1.49. The molecule has 1 N–H and O–H groups in total. The molecule has 5 aromatic rings. The topological polar surface area (TPSA) is 78.3 Å². The third kappa shape index (κ3) is 7.20. The van der Waals surface area contributed by atoms with Crippen molar-refractivity contribution >= 4 is 11.4 Å². The molecule has 0 amide bonds. The first kappa shape index (κ1) is 26.8. The van der Waals surface area contributed by atoms with E-state index >= 15 is 0 Å². The van der Waals surface area contributed by atoms with E-state index in [0.717, 1.165) is 52.6 Å². The minimum atomic E-state index is 0.250. The molecule has 4 heterocycles. The number of nitrogens with zero attached hydrogens (tertiary/aromatic N) is 6. The van der Waals surface area contributed by atoms with Crippen molar-refractivity contribution in [3.05, 3.63) is 138 Å². The van der Waals surface area contributed by atoms with Crippen LogP contribution in [-0.4, -0.2) is 38.1 Å². The molecule has 0 aliphatic heterocycles. The summed E-state index contributed by atoms with van der Waals surface area (Å²) in [5.74, 6) is 0.250. The molecule has 7 nitrogen and oxygen atoms in total. The van der Waals surface area contributed by atoms with Crippen LogP contribution >= 0.6 is 0 Å². The highest BCUT2D eigenvalue weighted by atomic mass is 16.3. The van der Waals surface area contributed by atoms with Gasteiger partial charge in [-0.2, -0.15) is 0 Å². The lowest BCUT2D eigenvalue weighted by Gasteiger charge is -2.30. The maximum atomic E-state index is 11.8. The minimum Gasteiger partial charge on any atom is -0.504 e. The second-order valence-electron chi connectivity index (χ2n) is 9.78. The Kier molecular flexibility index (Phi) is 8.94. The molecule has 5 rings (SSSR count). The molecule has 0 aliphatic carbocycles. The molecule has 0 atom stereocenters. The van der Waals surface area contributed by atoms with Gasteiger partial charge >= 0.3 is 0 Å². The zero-order chi connectivity index (χ0) is 27.6. The Labute approximate surface area is 235 Å². The van der Waals surface area contributed by atoms with Crippen LogP contribution in [0.4, 0.5) is 11.4 Å². The molecule has 1 aromatic carbocycles. The van der Waals surface area contributed by atoms with Crippen molar-refractivity contribution in [2.75, 3.05) is 22.9 Å². The van der Waals surface area contributed by atoms with E-state index < -0.39 is 0 Å². The van der Waals surface area contributed by atoms with Crippen LogP contribution in [0.2, 0.25) is 0 Å². The first-order valence-corrected chi connectivity index (χ1v) is 13.6. The normalized spacial score (nSPS) is 10.8. The van der Waals surface area contributed by atoms with Crippen molar-refractivity contribution < 1.29 is 5.11 Å². The molecular formula is C33H34N6O. The van der Waals surface area contributed by atoms with E-state index in [-0.39, 0.29) is 5.75 Å². The van der Waals surface area contributed by atoms with Crippen molar-refractivity contribution in [2.45, 2.75) is 32.9 Å². The standard InChI is InChI=1S/C33H34N6O/c1-26-22-31(38(24-29-12-4-8-18-36-29)20-14-27-10-2-6-16-34-27)33(40)32(23-26)39(25-30-13-5-9-19-37-30)21-15-28-11-3-7-17-35-28/h2-13,16-19,22-23,40H,14-15,20-21,24-25H2,1H3. The molecule has 0 unspecified atom stereocenters. The summed E-state index contributed by atoms with van der Waals surface area (Å²) >= 11 is 0. The smallest absolute Gasteiger partial charge is 0.162 e. The van der Waals surface area contributed by atoms with Gasteiger partial charge in [-0.3, -0.25) is 19.9 Å². The molecule has 0 bridgehead atoms. The van der Waals surface area contributed by atoms with Gasteiger partial charge in [-0.25, -0.2) is 0 Å². The van der Waals surface area contributed by atoms with Crippen molar-refractivity contribution in [3.63, 3.8) is 0 Å². The number of phenols is 1. The van der Waals surface area contributed by atoms with Gasteiger partial charge < -0.3 is 14.9 Å². The van der Waals surface area contributed by atoms with Gasteiger partial charge in [-0.1, -0.05) is 24.3 Å². The summed E-state index contributed by atoms with van der Waals surface area (Å²) in [6, 6.07) is 27.9. The summed E-state index contributed by atoms with van der Waals surface area (Å²) in [7, 11) is 0. The molecule has 4 aromatic heterocycles. The van der Waals surface area contributed by atoms with Gasteiger partial charge in [-0.15, -0.1) is 0 Å². The molecular weight excluding hydrogens is 496 g/mol. The highest BCUT2D eigenvalue weighted by molar-refractivity contribution is 5.74. The van der Waals surface area contributed by atoms with Gasteiger partial charge in [0.15, 0.2) is 5.75 Å². The van der Waals surface area contributed by atoms with E-state index in [1.165, 1.54) is 0 Å². The third-order valence-electron chi connectivity index (χ3n) is 6.78. The Hall–Kier alpha value is -4.78. The summed E-state index contributed by atoms with van der Waals surface area (Å²) in [6.45, 7) is 4.56. The number of aryl methyl sites for hydroxylation is 1. The molecule has 0 fully saturated rings. The molecule has 0 saturated carbocycles. The number of hydrogen-bond donors (Lipinski definition) is 1. The number of phenolic OH excluding ortho intramolecular Hbond substituents is 1. The molecule has 0 saturated heterocycles. The molecule has 7 heteroatoms. The SMILES string of the molecule is Cc1cc(N(CCc2ccccn2)Cc2ccccn2)c(O)c(N(CCc2ccccn2)Cc2ccccn2)c1. The van der Waals surface area contributed by atoms with Crippen LogP contribution in [-0.2, 0) is 25.9 Å². The molecule has 202 valence electrons. The molecule has 0 radical (unpaired) electrons. The first-order valence-electron chi connectivity index (χ1n) is 13.6. The maximum absolute atomic E-state index is 11.8. The number of aromatic hydroxyl groups is 1. The highest BCUT2D eigenvalue weighted by Gasteiger charge is 2.21. The van der Waals surface area contributed by atoms with Crippen LogP contribution in [0, 0.1) is 6.92 Å². The van der Waals surface area contributed by atoms with E-state index in [9.17, 15) is 5.11 Å². The van der Waals surface area contributed by atoms with Crippen molar-refractivity contribution in [3.8, 4) is 5.75 Å². The second kappa shape index (κ2) is 13.3. The predicted octanol–water partition coefficient (Wildman–Crippen LogP) is 5.78. The quantitative estimate of drug-likeness (QED) is 0.219. The lowest BCUT2D eigenvalue weighted by molar-refractivity contribution is 0.471. The number of pyridine rings is 4. The Morgan fingerprint density at radius 2 is 0.925 bits per heavy atom. The lowest BCUT2D eigenvalue weighted by Crippen LogP contribution is -2.29. The van der Waals surface area contributed by atoms with Gasteiger partial charge in [0.25, 0.3) is 0 Å². The van der Waals surface area contributed by atoms with E-state index in [2.05, 4.69) is 48.8 Å². The Morgan fingerprint density at radius 1 is 0.550 bits per heavy atom. The number of aromatic nitrogens is 4. The summed E-state index contributed by atoms with van der Waals surface area (Å²) in [6.07, 6.45) is 8.73. The van der Waals surface area contributed by atoms with Crippen LogP contribution in [0.1, 0.15) is 28.3 Å². The molecule has 0 spiro atoms. The number of benzene rings is 1. The first-order chi connectivity index (χ1) is 19.7. The van der Waals surface area contributed by atoms with Crippen LogP contribution in [0.3, 0.4) is 0 Å². The Bertz CT molecular complexity index is 1360. The van der Waals surface area contributed by atoms with Gasteiger partial charge in [0, 0.05) is 62.1 Å². The van der Waals surface area contributed by atoms with Crippen LogP contribution in [0.15, 0.2) is 110 Å². The largest absolute Gasteiger partial charge is 0.504 e. The zero-order valence-electron chi connectivity index (χ0n) is 22.8. The van der Waals surface area contributed by atoms with Gasteiger partial charge in [0.05, 0.1) is 35.9 Å². The fraction of sp³-hybridized carbons (Fsp3) is 0.212. The van der Waals surface area contributed by atoms with E-state index in [0.29, 0.717) is 26.2 Å². The van der Waals surface area contributed by atoms with Crippen LogP contribution in [0.25, 0.3) is 0 Å². The average molecular weight is 531 g/mol. The summed E-state index contributed by atoms with van der Waals surface area (Å²) in [5, 5.41) is 11.8. The monoisotopic (exact) mass is 530 g/mol. The third-order valence-corrected chi connectivity index (χ3v) is 6.78. The summed E-state index contributed by atoms with van der Waals surface area (Å²) in [5.41, 5.74) is 6.51. The zero-order valence-corrected chi connectivity index (χ0v) is 22.8. The maximum Gasteiger partial charge on any atom is 0.162 e. The predicted molar refractivity (Wildman–Crippen MR) is 159 cm³/mol. The lowest BCUT2D eigenvalue weighted by atomic mass is 10.1. The number of rotatable bonds is 12. The summed E-state index contributed by atoms with van der Waals surface area (Å²) < 4.78 is 0. The number of anilines is 2. The van der Waals surface area contributed by atoms with Crippen molar-refractivity contribution in [1.82, 2.24) is 19.9 Å². The van der Waals surface area contributed by atoms with Crippen molar-refractivity contribution in [2.24, 2.45) is 0 Å². The summed E-state index contributed by atoms with van der Waals surface area (Å²) in [4.78, 5) is 22.5. The Morgan fingerprint density at radius 3 is 1.27 bits per heavy atom. The van der Waals surface area contributed by atoms with Gasteiger partial charge in [0.1, 0.15) is 0 Å². The number of hydrogen-bond acceptors (Lipinski definition) is 7. The van der Waals surface area contributed by atoms with E-state index in [4.69, 9.17) is 0 Å². The van der Waals surface area contributed by atoms with Crippen LogP contribution < -0.4 is 9.80 Å². The average Bonchev–Trinajstić information content (AvgIpc) is 3.00. The minimum absolute atomic E-state index is 0.250. The molecule has 40 heavy (non-hydrogen) atoms. The van der Waals surface area contributed by atoms with Crippen LogP contribution in [0.5, 0.6) is 5.75 Å². The molecule has 0 aliphatic rings. The van der Waals surface area contributed by atoms with Gasteiger partial charge in [0.2, 0.25) is 0 Å². The van der Waals surface area contributed by atoms with E-state index in [1.54, 1.807) is 12.4 Å². The van der Waals surface area contributed by atoms with Crippen molar-refractivity contribution in [1.29, 1.82) is 0 Å². The fourth-order valence-corrected chi connectivity index (χ4v) is 4.76. The highest BCUT2D eigenvalue weighted by Crippen LogP contribution is 2.40.